The average molecular weight is 387 g/mol. The third kappa shape index (κ3) is 3.38. The highest BCUT2D eigenvalue weighted by Gasteiger charge is 2.17. The highest BCUT2D eigenvalue weighted by molar-refractivity contribution is 5.78. The lowest BCUT2D eigenvalue weighted by Crippen LogP contribution is -2.44. The number of hydrogen-bond donors (Lipinski definition) is 1. The zero-order valence-electron chi connectivity index (χ0n) is 16.1. The van der Waals surface area contributed by atoms with Gasteiger partial charge in [0.15, 0.2) is 17.1 Å². The van der Waals surface area contributed by atoms with E-state index in [9.17, 15) is 0 Å². The first-order chi connectivity index (χ1) is 14.2. The van der Waals surface area contributed by atoms with Gasteiger partial charge >= 0.3 is 0 Å². The Balaban J connectivity index is 1.45. The molecule has 8 nitrogen and oxygen atoms in total. The molecule has 3 aromatic heterocycles. The van der Waals surface area contributed by atoms with Crippen LogP contribution in [0.3, 0.4) is 0 Å². The van der Waals surface area contributed by atoms with E-state index < -0.39 is 0 Å². The molecular formula is C21H21N7O. The van der Waals surface area contributed by atoms with Crippen molar-refractivity contribution in [2.45, 2.75) is 0 Å². The summed E-state index contributed by atoms with van der Waals surface area (Å²) >= 11 is 0. The third-order valence-electron chi connectivity index (χ3n) is 5.17. The van der Waals surface area contributed by atoms with Gasteiger partial charge in [-0.15, -0.1) is 0 Å². The number of likely N-dealkylation sites (N-methyl/N-ethyl adjacent to an activating group) is 1. The van der Waals surface area contributed by atoms with E-state index in [-0.39, 0.29) is 5.82 Å². The number of benzene rings is 1. The topological polar surface area (TPSA) is 97.2 Å². The van der Waals surface area contributed by atoms with Crippen LogP contribution in [0.5, 0.6) is 0 Å². The molecule has 0 spiro atoms. The summed E-state index contributed by atoms with van der Waals surface area (Å²) in [4.78, 5) is 22.7. The first-order valence-corrected chi connectivity index (χ1v) is 9.56. The Hall–Kier alpha value is -3.52. The number of fused-ring (bicyclic) bond motifs is 1. The van der Waals surface area contributed by atoms with Crippen molar-refractivity contribution in [2.24, 2.45) is 0 Å². The number of aromatic nitrogens is 4. The number of nitrogen functional groups attached to an aromatic ring is 1. The van der Waals surface area contributed by atoms with E-state index in [2.05, 4.69) is 36.8 Å². The predicted molar refractivity (Wildman–Crippen MR) is 112 cm³/mol. The average Bonchev–Trinajstić information content (AvgIpc) is 3.19. The number of rotatable bonds is 3. The van der Waals surface area contributed by atoms with E-state index in [1.165, 1.54) is 0 Å². The van der Waals surface area contributed by atoms with E-state index in [0.29, 0.717) is 22.9 Å². The molecule has 1 aliphatic rings. The fraction of sp³-hybridized carbons (Fsp3) is 0.238. The van der Waals surface area contributed by atoms with Gasteiger partial charge in [-0.3, -0.25) is 0 Å². The molecule has 0 saturated carbocycles. The zero-order valence-corrected chi connectivity index (χ0v) is 16.1. The second-order valence-electron chi connectivity index (χ2n) is 7.17. The van der Waals surface area contributed by atoms with E-state index in [0.717, 1.165) is 43.1 Å². The lowest BCUT2D eigenvalue weighted by molar-refractivity contribution is 0.312. The van der Waals surface area contributed by atoms with Crippen molar-refractivity contribution < 1.29 is 4.42 Å². The van der Waals surface area contributed by atoms with Crippen molar-refractivity contribution >= 4 is 22.7 Å². The molecule has 0 bridgehead atoms. The third-order valence-corrected chi connectivity index (χ3v) is 5.17. The lowest BCUT2D eigenvalue weighted by atomic mass is 10.2. The van der Waals surface area contributed by atoms with E-state index >= 15 is 0 Å². The summed E-state index contributed by atoms with van der Waals surface area (Å²) in [5.74, 6) is 1.62. The van der Waals surface area contributed by atoms with Gasteiger partial charge in [-0.05, 0) is 31.3 Å². The Morgan fingerprint density at radius 2 is 1.76 bits per heavy atom. The normalized spacial score (nSPS) is 15.1. The van der Waals surface area contributed by atoms with Crippen LogP contribution in [0.4, 0.5) is 11.6 Å². The maximum atomic E-state index is 6.05. The van der Waals surface area contributed by atoms with Crippen LogP contribution in [0.2, 0.25) is 0 Å². The molecule has 29 heavy (non-hydrogen) atoms. The van der Waals surface area contributed by atoms with Crippen LogP contribution in [-0.4, -0.2) is 58.1 Å². The molecule has 0 unspecified atom stereocenters. The number of anilines is 2. The molecule has 0 aliphatic carbocycles. The van der Waals surface area contributed by atoms with Gasteiger partial charge in [0.25, 0.3) is 0 Å². The lowest BCUT2D eigenvalue weighted by Gasteiger charge is -2.33. The maximum absolute atomic E-state index is 6.05. The van der Waals surface area contributed by atoms with E-state index in [4.69, 9.17) is 10.2 Å². The van der Waals surface area contributed by atoms with Gasteiger partial charge in [0.2, 0.25) is 5.89 Å². The fourth-order valence-electron chi connectivity index (χ4n) is 3.43. The summed E-state index contributed by atoms with van der Waals surface area (Å²) in [5.41, 5.74) is 9.47. The summed E-state index contributed by atoms with van der Waals surface area (Å²) in [5, 5.41) is 0. The summed E-state index contributed by atoms with van der Waals surface area (Å²) in [7, 11) is 2.14. The summed E-state index contributed by atoms with van der Waals surface area (Å²) in [6, 6.07) is 11.6. The van der Waals surface area contributed by atoms with Crippen molar-refractivity contribution in [2.75, 3.05) is 43.9 Å². The van der Waals surface area contributed by atoms with Gasteiger partial charge in [0.05, 0.1) is 11.9 Å². The molecule has 1 fully saturated rings. The number of para-hydroxylation sites is 2. The Kier molecular flexibility index (Phi) is 4.33. The SMILES string of the molecule is CN1CCN(c2ccc(-c3cnc(N)c(-c4nc5ccccc5o4)n3)cn2)CC1. The van der Waals surface area contributed by atoms with Crippen LogP contribution < -0.4 is 10.6 Å². The van der Waals surface area contributed by atoms with Gasteiger partial charge in [-0.1, -0.05) is 12.1 Å². The number of pyridine rings is 1. The van der Waals surface area contributed by atoms with E-state index in [1.807, 2.05) is 42.6 Å². The van der Waals surface area contributed by atoms with Crippen molar-refractivity contribution in [3.8, 4) is 22.8 Å². The van der Waals surface area contributed by atoms with Crippen LogP contribution in [0, 0.1) is 0 Å². The zero-order chi connectivity index (χ0) is 19.8. The second-order valence-corrected chi connectivity index (χ2v) is 7.17. The molecule has 1 aromatic carbocycles. The van der Waals surface area contributed by atoms with Crippen LogP contribution in [0.1, 0.15) is 0 Å². The Morgan fingerprint density at radius 3 is 2.52 bits per heavy atom. The minimum absolute atomic E-state index is 0.280. The molecule has 1 aliphatic heterocycles. The molecule has 0 atom stereocenters. The van der Waals surface area contributed by atoms with Gasteiger partial charge in [0.1, 0.15) is 11.3 Å². The molecule has 2 N–H and O–H groups in total. The van der Waals surface area contributed by atoms with Gasteiger partial charge in [0, 0.05) is 37.9 Å². The second kappa shape index (κ2) is 7.14. The first kappa shape index (κ1) is 17.6. The molecule has 0 amide bonds. The Bertz CT molecular complexity index is 1110. The fourth-order valence-corrected chi connectivity index (χ4v) is 3.43. The molecule has 5 rings (SSSR count). The minimum Gasteiger partial charge on any atom is -0.435 e. The van der Waals surface area contributed by atoms with Crippen molar-refractivity contribution in [1.29, 1.82) is 0 Å². The molecule has 146 valence electrons. The summed E-state index contributed by atoms with van der Waals surface area (Å²) < 4.78 is 5.81. The molecule has 0 radical (unpaired) electrons. The summed E-state index contributed by atoms with van der Waals surface area (Å²) in [6.07, 6.45) is 3.47. The smallest absolute Gasteiger partial charge is 0.250 e. The van der Waals surface area contributed by atoms with Crippen LogP contribution in [-0.2, 0) is 0 Å². The first-order valence-electron chi connectivity index (χ1n) is 9.56. The highest BCUT2D eigenvalue weighted by atomic mass is 16.3. The Morgan fingerprint density at radius 1 is 0.931 bits per heavy atom. The largest absolute Gasteiger partial charge is 0.435 e. The Labute approximate surface area is 168 Å². The highest BCUT2D eigenvalue weighted by Crippen LogP contribution is 2.28. The molecule has 8 heteroatoms. The number of nitrogens with zero attached hydrogens (tertiary/aromatic N) is 6. The monoisotopic (exact) mass is 387 g/mol. The predicted octanol–water partition coefficient (Wildman–Crippen LogP) is 2.68. The number of piperazine rings is 1. The van der Waals surface area contributed by atoms with Crippen LogP contribution >= 0.6 is 0 Å². The maximum Gasteiger partial charge on any atom is 0.250 e. The molecule has 4 heterocycles. The number of nitrogens with two attached hydrogens (primary N) is 1. The number of oxazole rings is 1. The standard InChI is InChI=1S/C21H21N7O/c1-27-8-10-28(11-9-27)18-7-6-14(12-23-18)16-13-24-20(22)19(25-16)21-26-15-4-2-3-5-17(15)29-21/h2-7,12-13H,8-11H2,1H3,(H2,22,24). The molecule has 4 aromatic rings. The van der Waals surface area contributed by atoms with Crippen molar-refractivity contribution in [1.82, 2.24) is 24.8 Å². The van der Waals surface area contributed by atoms with Gasteiger partial charge < -0.3 is 20.0 Å². The van der Waals surface area contributed by atoms with Crippen LogP contribution in [0.25, 0.3) is 33.9 Å². The van der Waals surface area contributed by atoms with Crippen molar-refractivity contribution in [3.05, 3.63) is 48.8 Å². The van der Waals surface area contributed by atoms with Gasteiger partial charge in [-0.25, -0.2) is 19.9 Å². The van der Waals surface area contributed by atoms with Crippen molar-refractivity contribution in [3.63, 3.8) is 0 Å². The quantitative estimate of drug-likeness (QED) is 0.573. The minimum atomic E-state index is 0.280. The molecule has 1 saturated heterocycles. The van der Waals surface area contributed by atoms with Crippen LogP contribution in [0.15, 0.2) is 53.2 Å². The summed E-state index contributed by atoms with van der Waals surface area (Å²) in [6.45, 7) is 4.04. The van der Waals surface area contributed by atoms with E-state index in [1.54, 1.807) is 6.20 Å². The van der Waals surface area contributed by atoms with Gasteiger partial charge in [-0.2, -0.15) is 0 Å². The number of hydrogen-bond acceptors (Lipinski definition) is 8. The molecular weight excluding hydrogens is 366 g/mol.